The molecule has 8 heteroatoms. The number of hydrogen-bond donors (Lipinski definition) is 3. The summed E-state index contributed by atoms with van der Waals surface area (Å²) < 4.78 is 14.7. The Balaban J connectivity index is 2.16. The smallest absolute Gasteiger partial charge is 0.265 e. The van der Waals surface area contributed by atoms with Crippen molar-refractivity contribution in [3.05, 3.63) is 40.8 Å². The number of nitrogen functional groups attached to an aromatic ring is 2. The van der Waals surface area contributed by atoms with Gasteiger partial charge in [0.15, 0.2) is 5.13 Å². The Morgan fingerprint density at radius 2 is 2.30 bits per heavy atom. The van der Waals surface area contributed by atoms with E-state index in [0.717, 1.165) is 9.90 Å². The molecule has 0 atom stereocenters. The molecule has 106 valence electrons. The van der Waals surface area contributed by atoms with Crippen molar-refractivity contribution in [3.8, 4) is 0 Å². The maximum Gasteiger partial charge on any atom is 0.265 e. The summed E-state index contributed by atoms with van der Waals surface area (Å²) in [4.78, 5) is 15.5. The number of carbonyl (C=O) groups is 1. The first-order valence-corrected chi connectivity index (χ1v) is 7.46. The van der Waals surface area contributed by atoms with E-state index in [0.29, 0.717) is 22.0 Å². The number of amides is 1. The van der Waals surface area contributed by atoms with Gasteiger partial charge in [-0.15, -0.1) is 11.8 Å². The Hall–Kier alpha value is -1.64. The van der Waals surface area contributed by atoms with Crippen molar-refractivity contribution in [1.29, 1.82) is 0 Å². The van der Waals surface area contributed by atoms with Crippen LogP contribution in [0.25, 0.3) is 0 Å². The first-order valence-electron chi connectivity index (χ1n) is 5.66. The topological polar surface area (TPSA) is 94.0 Å². The molecule has 0 unspecified atom stereocenters. The first kappa shape index (κ1) is 14.8. The molecule has 0 radical (unpaired) electrons. The third-order valence-corrected chi connectivity index (χ3v) is 4.97. The Kier molecular flexibility index (Phi) is 4.58. The van der Waals surface area contributed by atoms with Crippen molar-refractivity contribution in [1.82, 2.24) is 10.4 Å². The Morgan fingerprint density at radius 3 is 2.90 bits per heavy atom. The number of benzene rings is 1. The van der Waals surface area contributed by atoms with Crippen molar-refractivity contribution in [2.75, 3.05) is 5.73 Å². The van der Waals surface area contributed by atoms with Gasteiger partial charge in [-0.05, 0) is 30.7 Å². The highest BCUT2D eigenvalue weighted by molar-refractivity contribution is 8.00. The van der Waals surface area contributed by atoms with E-state index in [-0.39, 0.29) is 5.82 Å². The fraction of sp³-hybridized carbons (Fsp3) is 0.167. The van der Waals surface area contributed by atoms with Crippen LogP contribution in [0, 0.1) is 12.7 Å². The van der Waals surface area contributed by atoms with E-state index in [4.69, 9.17) is 11.6 Å². The molecule has 2 rings (SSSR count). The van der Waals surface area contributed by atoms with Crippen LogP contribution in [0.4, 0.5) is 9.52 Å². The Bertz CT molecular complexity index is 644. The number of aromatic nitrogens is 1. The van der Waals surface area contributed by atoms with Crippen LogP contribution in [-0.4, -0.2) is 10.9 Å². The largest absolute Gasteiger partial charge is 0.375 e. The molecule has 20 heavy (non-hydrogen) atoms. The summed E-state index contributed by atoms with van der Waals surface area (Å²) in [5.74, 6) is 4.64. The summed E-state index contributed by atoms with van der Waals surface area (Å²) in [6, 6.07) is 4.14. The lowest BCUT2D eigenvalue weighted by atomic mass is 10.1. The standard InChI is InChI=1S/C12H13FN4OS2/c1-6-11(20-12(14)16-6)19-5-8-4-7(10(18)17-15)2-3-9(8)13/h2-4H,5,15H2,1H3,(H2,14,16)(H,17,18). The summed E-state index contributed by atoms with van der Waals surface area (Å²) in [6.07, 6.45) is 0. The second-order valence-corrected chi connectivity index (χ2v) is 6.27. The average Bonchev–Trinajstić information content (AvgIpc) is 2.75. The number of nitrogens with two attached hydrogens (primary N) is 2. The van der Waals surface area contributed by atoms with E-state index >= 15 is 0 Å². The second-order valence-electron chi connectivity index (χ2n) is 3.99. The van der Waals surface area contributed by atoms with Gasteiger partial charge in [-0.25, -0.2) is 15.2 Å². The highest BCUT2D eigenvalue weighted by Gasteiger charge is 2.11. The molecule has 1 aromatic heterocycles. The van der Waals surface area contributed by atoms with Gasteiger partial charge in [-0.3, -0.25) is 10.2 Å². The van der Waals surface area contributed by atoms with Crippen LogP contribution in [0.3, 0.4) is 0 Å². The van der Waals surface area contributed by atoms with Gasteiger partial charge in [0.25, 0.3) is 5.91 Å². The minimum atomic E-state index is -0.450. The predicted molar refractivity (Wildman–Crippen MR) is 78.9 cm³/mol. The highest BCUT2D eigenvalue weighted by atomic mass is 32.2. The number of halogens is 1. The van der Waals surface area contributed by atoms with Gasteiger partial charge in [-0.1, -0.05) is 11.3 Å². The lowest BCUT2D eigenvalue weighted by molar-refractivity contribution is 0.0953. The average molecular weight is 312 g/mol. The van der Waals surface area contributed by atoms with Gasteiger partial charge in [0.05, 0.1) is 9.90 Å². The fourth-order valence-electron chi connectivity index (χ4n) is 1.59. The van der Waals surface area contributed by atoms with Crippen LogP contribution in [0.15, 0.2) is 22.4 Å². The van der Waals surface area contributed by atoms with Crippen molar-refractivity contribution in [3.63, 3.8) is 0 Å². The van der Waals surface area contributed by atoms with E-state index in [1.165, 1.54) is 41.3 Å². The van der Waals surface area contributed by atoms with Gasteiger partial charge in [0.2, 0.25) is 0 Å². The molecule has 0 fully saturated rings. The molecule has 5 N–H and O–H groups in total. The summed E-state index contributed by atoms with van der Waals surface area (Å²) in [5, 5.41) is 0.488. The molecule has 0 aliphatic rings. The molecule has 0 bridgehead atoms. The normalized spacial score (nSPS) is 10.6. The first-order chi connectivity index (χ1) is 9.51. The number of nitrogens with one attached hydrogen (secondary N) is 1. The third-order valence-electron chi connectivity index (χ3n) is 2.57. The number of carbonyl (C=O) groups excluding carboxylic acids is 1. The SMILES string of the molecule is Cc1nc(N)sc1SCc1cc(C(=O)NN)ccc1F. The summed E-state index contributed by atoms with van der Waals surface area (Å²) in [6.45, 7) is 1.85. The number of anilines is 1. The third kappa shape index (κ3) is 3.27. The summed E-state index contributed by atoms with van der Waals surface area (Å²) in [7, 11) is 0. The number of rotatable bonds is 4. The molecule has 5 nitrogen and oxygen atoms in total. The number of hydrazine groups is 1. The quantitative estimate of drug-likeness (QED) is 0.348. The molecule has 0 saturated carbocycles. The van der Waals surface area contributed by atoms with Crippen LogP contribution >= 0.6 is 23.1 Å². The van der Waals surface area contributed by atoms with E-state index in [9.17, 15) is 9.18 Å². The van der Waals surface area contributed by atoms with Gasteiger partial charge in [0, 0.05) is 11.3 Å². The van der Waals surface area contributed by atoms with Gasteiger partial charge in [-0.2, -0.15) is 0 Å². The van der Waals surface area contributed by atoms with Gasteiger partial charge in [0.1, 0.15) is 5.82 Å². The number of hydrogen-bond acceptors (Lipinski definition) is 6. The predicted octanol–water partition coefficient (Wildman–Crippen LogP) is 2.07. The Labute approximate surface area is 123 Å². The molecular weight excluding hydrogens is 299 g/mol. The van der Waals surface area contributed by atoms with Crippen molar-refractivity contribution >= 4 is 34.1 Å². The zero-order valence-electron chi connectivity index (χ0n) is 10.6. The minimum Gasteiger partial charge on any atom is -0.375 e. The zero-order chi connectivity index (χ0) is 14.7. The number of thiazole rings is 1. The van der Waals surface area contributed by atoms with Gasteiger partial charge < -0.3 is 5.73 Å². The second kappa shape index (κ2) is 6.21. The van der Waals surface area contributed by atoms with Crippen LogP contribution in [-0.2, 0) is 5.75 Å². The fourth-order valence-corrected chi connectivity index (χ4v) is 3.59. The van der Waals surface area contributed by atoms with E-state index in [1.54, 1.807) is 0 Å². The molecule has 1 heterocycles. The van der Waals surface area contributed by atoms with Crippen LogP contribution < -0.4 is 17.0 Å². The molecule has 1 amide bonds. The number of thioether (sulfide) groups is 1. The number of nitrogens with zero attached hydrogens (tertiary/aromatic N) is 1. The maximum absolute atomic E-state index is 13.7. The molecule has 0 aliphatic carbocycles. The molecule has 1 aromatic carbocycles. The lowest BCUT2D eigenvalue weighted by Gasteiger charge is -2.05. The van der Waals surface area contributed by atoms with Crippen molar-refractivity contribution < 1.29 is 9.18 Å². The molecule has 0 spiro atoms. The minimum absolute atomic E-state index is 0.324. The molecule has 2 aromatic rings. The van der Waals surface area contributed by atoms with E-state index in [2.05, 4.69) is 4.98 Å². The molecule has 0 saturated heterocycles. The van der Waals surface area contributed by atoms with E-state index < -0.39 is 5.91 Å². The number of aryl methyl sites for hydroxylation is 1. The van der Waals surface area contributed by atoms with Crippen LogP contribution in [0.2, 0.25) is 0 Å². The summed E-state index contributed by atoms with van der Waals surface area (Å²) in [5.41, 5.74) is 9.22. The van der Waals surface area contributed by atoms with Crippen LogP contribution in [0.5, 0.6) is 0 Å². The van der Waals surface area contributed by atoms with Crippen molar-refractivity contribution in [2.45, 2.75) is 16.9 Å². The zero-order valence-corrected chi connectivity index (χ0v) is 12.3. The maximum atomic E-state index is 13.7. The molecular formula is C12H13FN4OS2. The van der Waals surface area contributed by atoms with Gasteiger partial charge >= 0.3 is 0 Å². The van der Waals surface area contributed by atoms with Crippen LogP contribution in [0.1, 0.15) is 21.6 Å². The lowest BCUT2D eigenvalue weighted by Crippen LogP contribution is -2.30. The van der Waals surface area contributed by atoms with Crippen molar-refractivity contribution in [2.24, 2.45) is 5.84 Å². The summed E-state index contributed by atoms with van der Waals surface area (Å²) >= 11 is 2.80. The Morgan fingerprint density at radius 1 is 1.55 bits per heavy atom. The monoisotopic (exact) mass is 312 g/mol. The molecule has 0 aliphatic heterocycles. The highest BCUT2D eigenvalue weighted by Crippen LogP contribution is 2.33. The van der Waals surface area contributed by atoms with E-state index in [1.807, 2.05) is 12.3 Å².